The summed E-state index contributed by atoms with van der Waals surface area (Å²) in [5.41, 5.74) is 0. The Labute approximate surface area is 414 Å². The molecule has 11 heteroatoms. The number of esters is 2. The van der Waals surface area contributed by atoms with Crippen LogP contribution in [0, 0.1) is 0 Å². The number of rotatable bonds is 50. The summed E-state index contributed by atoms with van der Waals surface area (Å²) >= 11 is 0. The van der Waals surface area contributed by atoms with Gasteiger partial charge in [-0.1, -0.05) is 181 Å². The van der Waals surface area contributed by atoms with Gasteiger partial charge in [-0.3, -0.25) is 9.59 Å². The van der Waals surface area contributed by atoms with Gasteiger partial charge in [-0.25, -0.2) is 9.78 Å². The zero-order valence-corrected chi connectivity index (χ0v) is 43.8. The molecule has 0 saturated carbocycles. The first-order chi connectivity index (χ1) is 33.5. The molecule has 5 rings (SSSR count). The van der Waals surface area contributed by atoms with Gasteiger partial charge in [-0.2, -0.15) is 0 Å². The van der Waals surface area contributed by atoms with Gasteiger partial charge in [0.05, 0.1) is 67.6 Å². The molecule has 0 N–H and O–H groups in total. The lowest BCUT2D eigenvalue weighted by molar-refractivity contribution is -0.334. The third-order valence-corrected chi connectivity index (χ3v) is 15.2. The normalized spacial score (nSPS) is 27.0. The molecule has 10 unspecified atom stereocenters. The van der Waals surface area contributed by atoms with Crippen LogP contribution >= 0.6 is 0 Å². The monoisotopic (exact) mass is 963 g/mol. The Bertz CT molecular complexity index is 1280. The molecule has 5 heterocycles. The summed E-state index contributed by atoms with van der Waals surface area (Å²) in [4.78, 5) is 36.6. The number of carbonyl (C=O) groups excluding carboxylic acids is 2. The molecule has 396 valence electrons. The Kier molecular flexibility index (Phi) is 30.2. The maximum Gasteiger partial charge on any atom is 0.305 e. The van der Waals surface area contributed by atoms with Crippen molar-refractivity contribution in [3.8, 4) is 0 Å². The van der Waals surface area contributed by atoms with E-state index in [-0.39, 0.29) is 25.2 Å². The number of epoxide rings is 5. The highest BCUT2D eigenvalue weighted by atomic mass is 17.2. The van der Waals surface area contributed by atoms with Gasteiger partial charge in [-0.15, -0.1) is 0 Å². The molecule has 0 radical (unpaired) electrons. The predicted molar refractivity (Wildman–Crippen MR) is 269 cm³/mol. The van der Waals surface area contributed by atoms with Crippen LogP contribution in [-0.2, 0) is 52.5 Å². The smallest absolute Gasteiger partial charge is 0.305 e. The molecule has 11 nitrogen and oxygen atoms in total. The van der Waals surface area contributed by atoms with E-state index in [9.17, 15) is 9.59 Å². The van der Waals surface area contributed by atoms with Crippen LogP contribution in [0.4, 0.5) is 0 Å². The van der Waals surface area contributed by atoms with Crippen LogP contribution in [0.1, 0.15) is 265 Å². The van der Waals surface area contributed by atoms with Crippen molar-refractivity contribution in [1.82, 2.24) is 0 Å². The van der Waals surface area contributed by atoms with Gasteiger partial charge in [0.25, 0.3) is 0 Å². The first-order valence-corrected chi connectivity index (χ1v) is 29.3. The summed E-state index contributed by atoms with van der Waals surface area (Å²) in [7, 11) is 0. The molecule has 5 aliphatic rings. The van der Waals surface area contributed by atoms with Crippen LogP contribution in [0.15, 0.2) is 0 Å². The van der Waals surface area contributed by atoms with Gasteiger partial charge in [-0.05, 0) is 57.8 Å². The van der Waals surface area contributed by atoms with Gasteiger partial charge in [0.15, 0.2) is 6.10 Å². The molecule has 5 aliphatic heterocycles. The number of hydrogen-bond donors (Lipinski definition) is 0. The fourth-order valence-electron chi connectivity index (χ4n) is 10.3. The van der Waals surface area contributed by atoms with Gasteiger partial charge >= 0.3 is 11.9 Å². The van der Waals surface area contributed by atoms with Crippen molar-refractivity contribution in [2.45, 2.75) is 332 Å². The second-order valence-corrected chi connectivity index (χ2v) is 21.5. The average molecular weight is 963 g/mol. The fourth-order valence-corrected chi connectivity index (χ4v) is 10.3. The van der Waals surface area contributed by atoms with Crippen molar-refractivity contribution in [3.05, 3.63) is 0 Å². The highest BCUT2D eigenvalue weighted by Gasteiger charge is 2.48. The molecule has 0 amide bonds. The van der Waals surface area contributed by atoms with Gasteiger partial charge < -0.3 is 33.2 Å². The van der Waals surface area contributed by atoms with Crippen LogP contribution in [0.5, 0.6) is 0 Å². The van der Waals surface area contributed by atoms with Crippen molar-refractivity contribution in [2.75, 3.05) is 19.8 Å². The molecule has 11 atom stereocenters. The fraction of sp³-hybridized carbons (Fsp3) is 0.965. The van der Waals surface area contributed by atoms with Gasteiger partial charge in [0.1, 0.15) is 13.2 Å². The lowest BCUT2D eigenvalue weighted by Gasteiger charge is -2.17. The standard InChI is InChI=1S/C57H102O11/c1-4-7-10-11-16-25-34-46-47(63-46)35-26-18-14-20-29-38-56(58)60-43-45(68-62-40-31-22-13-12-17-27-36-50-54(66-50)41-52-48(64-52)32-23-8-5-2)44-61-57(59)39-30-21-15-19-28-37-51-55(67-51)42-53-49(65-53)33-24-9-6-3/h45-55H,4-44H2,1-3H3/t45?,46?,47?,48?,49?,50-,51?,52?,53?,54?,55?/m0/s1. The lowest BCUT2D eigenvalue weighted by Crippen LogP contribution is -2.29. The lowest BCUT2D eigenvalue weighted by atomic mass is 10.0. The van der Waals surface area contributed by atoms with E-state index in [2.05, 4.69) is 20.8 Å². The zero-order chi connectivity index (χ0) is 47.9. The first-order valence-electron chi connectivity index (χ1n) is 29.3. The maximum atomic E-state index is 12.7. The minimum absolute atomic E-state index is 0.00334. The van der Waals surface area contributed by atoms with Crippen LogP contribution in [0.25, 0.3) is 0 Å². The third-order valence-electron chi connectivity index (χ3n) is 15.2. The van der Waals surface area contributed by atoms with E-state index in [0.29, 0.717) is 80.5 Å². The SMILES string of the molecule is CCCCCCCCC1OC1CCCCCCCC(=O)OCC(COC(=O)CCCCCCCC1OC1CC1OC1CCCCC)OOCCCCCCCC[C@@H]1OC1CC1OC1CCCCC. The second-order valence-electron chi connectivity index (χ2n) is 21.5. The summed E-state index contributed by atoms with van der Waals surface area (Å²) in [6.07, 6.45) is 46.9. The van der Waals surface area contributed by atoms with E-state index in [1.807, 2.05) is 0 Å². The largest absolute Gasteiger partial charge is 0.463 e. The Morgan fingerprint density at radius 2 is 0.632 bits per heavy atom. The first kappa shape index (κ1) is 57.6. The highest BCUT2D eigenvalue weighted by Crippen LogP contribution is 2.40. The highest BCUT2D eigenvalue weighted by molar-refractivity contribution is 5.69. The molecular weight excluding hydrogens is 861 g/mol. The summed E-state index contributed by atoms with van der Waals surface area (Å²) in [5, 5.41) is 0. The molecular formula is C57H102O11. The quantitative estimate of drug-likeness (QED) is 0.0190. The van der Waals surface area contributed by atoms with Crippen LogP contribution in [-0.4, -0.2) is 98.9 Å². The van der Waals surface area contributed by atoms with Crippen molar-refractivity contribution in [2.24, 2.45) is 0 Å². The Balaban J connectivity index is 0.843. The zero-order valence-electron chi connectivity index (χ0n) is 43.8. The van der Waals surface area contributed by atoms with E-state index in [1.165, 1.54) is 128 Å². The van der Waals surface area contributed by atoms with Crippen LogP contribution in [0.2, 0.25) is 0 Å². The van der Waals surface area contributed by atoms with Crippen molar-refractivity contribution in [3.63, 3.8) is 0 Å². The van der Waals surface area contributed by atoms with Crippen molar-refractivity contribution in [1.29, 1.82) is 0 Å². The van der Waals surface area contributed by atoms with E-state index >= 15 is 0 Å². The van der Waals surface area contributed by atoms with Crippen molar-refractivity contribution < 1.29 is 52.5 Å². The molecule has 5 saturated heterocycles. The molecule has 0 aromatic carbocycles. The molecule has 5 fully saturated rings. The molecule has 0 spiro atoms. The number of unbranched alkanes of at least 4 members (excludes halogenated alkanes) is 22. The third kappa shape index (κ3) is 27.5. The van der Waals surface area contributed by atoms with E-state index in [4.69, 9.17) is 42.9 Å². The van der Waals surface area contributed by atoms with E-state index in [1.54, 1.807) is 0 Å². The summed E-state index contributed by atoms with van der Waals surface area (Å²) in [6.45, 7) is 7.22. The Hall–Kier alpha value is -1.34. The number of carbonyl (C=O) groups is 2. The Morgan fingerprint density at radius 1 is 0.353 bits per heavy atom. The van der Waals surface area contributed by atoms with Crippen molar-refractivity contribution >= 4 is 11.9 Å². The molecule has 0 aromatic rings. The number of ether oxygens (including phenoxy) is 7. The Morgan fingerprint density at radius 3 is 1.01 bits per heavy atom. The maximum absolute atomic E-state index is 12.7. The molecule has 0 aromatic heterocycles. The van der Waals surface area contributed by atoms with Crippen LogP contribution in [0.3, 0.4) is 0 Å². The summed E-state index contributed by atoms with van der Waals surface area (Å²) in [5.74, 6) is -0.490. The molecule has 0 aliphatic carbocycles. The van der Waals surface area contributed by atoms with Gasteiger partial charge in [0, 0.05) is 25.7 Å². The van der Waals surface area contributed by atoms with Gasteiger partial charge in [0.2, 0.25) is 0 Å². The average Bonchev–Trinajstić information content (AvgIpc) is 4.06. The second kappa shape index (κ2) is 35.7. The summed E-state index contributed by atoms with van der Waals surface area (Å²) < 4.78 is 40.7. The predicted octanol–water partition coefficient (Wildman–Crippen LogP) is 14.1. The molecule has 68 heavy (non-hydrogen) atoms. The topological polar surface area (TPSA) is 134 Å². The minimum Gasteiger partial charge on any atom is -0.463 e. The van der Waals surface area contributed by atoms with E-state index < -0.39 is 6.10 Å². The number of hydrogen-bond acceptors (Lipinski definition) is 11. The van der Waals surface area contributed by atoms with Crippen LogP contribution < -0.4 is 0 Å². The minimum atomic E-state index is -0.656. The van der Waals surface area contributed by atoms with E-state index in [0.717, 1.165) is 103 Å². The molecule has 0 bridgehead atoms. The summed E-state index contributed by atoms with van der Waals surface area (Å²) in [6, 6.07) is 0.